The van der Waals surface area contributed by atoms with Crippen LogP contribution in [-0.2, 0) is 14.2 Å². The van der Waals surface area contributed by atoms with E-state index in [9.17, 15) is 0 Å². The van der Waals surface area contributed by atoms with Gasteiger partial charge in [-0.05, 0) is 13.3 Å². The summed E-state index contributed by atoms with van der Waals surface area (Å²) in [6.45, 7) is 3.43. The van der Waals surface area contributed by atoms with Crippen LogP contribution in [0.2, 0.25) is 0 Å². The van der Waals surface area contributed by atoms with Crippen molar-refractivity contribution in [2.45, 2.75) is 31.8 Å². The molecule has 0 aromatic rings. The fourth-order valence-corrected chi connectivity index (χ4v) is 1.41. The first kappa shape index (κ1) is 6.58. The Morgan fingerprint density at radius 1 is 1.40 bits per heavy atom. The molecule has 1 spiro atoms. The summed E-state index contributed by atoms with van der Waals surface area (Å²) in [6.07, 6.45) is 2.13. The van der Waals surface area contributed by atoms with Crippen LogP contribution in [0.5, 0.6) is 0 Å². The Hall–Kier alpha value is -0.120. The zero-order valence-electron chi connectivity index (χ0n) is 6.13. The lowest BCUT2D eigenvalue weighted by Gasteiger charge is -2.19. The molecule has 0 bridgehead atoms. The molecule has 3 heteroatoms. The Balaban J connectivity index is 2.03. The SMILES string of the molecule is CC1COC2(CCCO2)O1. The third-order valence-electron chi connectivity index (χ3n) is 1.87. The molecule has 58 valence electrons. The van der Waals surface area contributed by atoms with Crippen LogP contribution in [0.3, 0.4) is 0 Å². The predicted molar refractivity (Wildman–Crippen MR) is 34.4 cm³/mol. The van der Waals surface area contributed by atoms with Crippen LogP contribution in [0.4, 0.5) is 0 Å². The molecular weight excluding hydrogens is 132 g/mol. The molecule has 2 atom stereocenters. The van der Waals surface area contributed by atoms with Crippen molar-refractivity contribution in [2.75, 3.05) is 13.2 Å². The van der Waals surface area contributed by atoms with Gasteiger partial charge in [-0.15, -0.1) is 0 Å². The van der Waals surface area contributed by atoms with Gasteiger partial charge >= 0.3 is 0 Å². The summed E-state index contributed by atoms with van der Waals surface area (Å²) in [4.78, 5) is 0. The van der Waals surface area contributed by atoms with E-state index in [1.807, 2.05) is 6.92 Å². The summed E-state index contributed by atoms with van der Waals surface area (Å²) >= 11 is 0. The molecule has 0 aliphatic carbocycles. The van der Waals surface area contributed by atoms with Crippen molar-refractivity contribution in [3.8, 4) is 0 Å². The normalized spacial score (nSPS) is 47.1. The van der Waals surface area contributed by atoms with Crippen molar-refractivity contribution < 1.29 is 14.2 Å². The highest BCUT2D eigenvalue weighted by molar-refractivity contribution is 4.72. The monoisotopic (exact) mass is 144 g/mol. The standard InChI is InChI=1S/C7H12O3/c1-6-5-9-7(10-6)3-2-4-8-7/h6H,2-5H2,1H3. The van der Waals surface area contributed by atoms with Gasteiger partial charge in [0, 0.05) is 6.42 Å². The van der Waals surface area contributed by atoms with Crippen molar-refractivity contribution in [1.82, 2.24) is 0 Å². The molecule has 2 rings (SSSR count). The van der Waals surface area contributed by atoms with Crippen LogP contribution < -0.4 is 0 Å². The molecule has 2 saturated heterocycles. The zero-order chi connectivity index (χ0) is 7.03. The number of hydrogen-bond acceptors (Lipinski definition) is 3. The van der Waals surface area contributed by atoms with Crippen LogP contribution in [0.25, 0.3) is 0 Å². The molecule has 0 aromatic heterocycles. The maximum absolute atomic E-state index is 5.47. The lowest BCUT2D eigenvalue weighted by atomic mass is 10.3. The molecule has 2 aliphatic rings. The topological polar surface area (TPSA) is 27.7 Å². The molecule has 2 aliphatic heterocycles. The number of hydrogen-bond donors (Lipinski definition) is 0. The maximum Gasteiger partial charge on any atom is 0.283 e. The summed E-state index contributed by atoms with van der Waals surface area (Å²) in [7, 11) is 0. The number of rotatable bonds is 0. The summed E-state index contributed by atoms with van der Waals surface area (Å²) in [5, 5.41) is 0. The van der Waals surface area contributed by atoms with Crippen molar-refractivity contribution >= 4 is 0 Å². The highest BCUT2D eigenvalue weighted by Crippen LogP contribution is 2.33. The molecular formula is C7H12O3. The molecule has 0 amide bonds. The molecule has 2 unspecified atom stereocenters. The first-order chi connectivity index (χ1) is 4.81. The second-order valence-electron chi connectivity index (χ2n) is 2.87. The molecule has 0 N–H and O–H groups in total. The van der Waals surface area contributed by atoms with E-state index in [1.54, 1.807) is 0 Å². The zero-order valence-corrected chi connectivity index (χ0v) is 6.13. The first-order valence-corrected chi connectivity index (χ1v) is 3.76. The molecule has 3 nitrogen and oxygen atoms in total. The Morgan fingerprint density at radius 3 is 2.80 bits per heavy atom. The molecule has 2 heterocycles. The lowest BCUT2D eigenvalue weighted by molar-refractivity contribution is -0.312. The third-order valence-corrected chi connectivity index (χ3v) is 1.87. The van der Waals surface area contributed by atoms with Gasteiger partial charge < -0.3 is 14.2 Å². The Morgan fingerprint density at radius 2 is 2.30 bits per heavy atom. The molecule has 0 radical (unpaired) electrons. The van der Waals surface area contributed by atoms with Gasteiger partial charge in [0.2, 0.25) is 0 Å². The smallest absolute Gasteiger partial charge is 0.283 e. The van der Waals surface area contributed by atoms with E-state index in [1.165, 1.54) is 0 Å². The summed E-state index contributed by atoms with van der Waals surface area (Å²) < 4.78 is 16.2. The van der Waals surface area contributed by atoms with E-state index in [2.05, 4.69) is 0 Å². The van der Waals surface area contributed by atoms with Gasteiger partial charge in [-0.2, -0.15) is 0 Å². The summed E-state index contributed by atoms with van der Waals surface area (Å²) in [5.74, 6) is -0.639. The second-order valence-corrected chi connectivity index (χ2v) is 2.87. The maximum atomic E-state index is 5.47. The minimum absolute atomic E-state index is 0.193. The highest BCUT2D eigenvalue weighted by Gasteiger charge is 2.44. The Kier molecular flexibility index (Phi) is 1.44. The van der Waals surface area contributed by atoms with E-state index >= 15 is 0 Å². The van der Waals surface area contributed by atoms with Gasteiger partial charge in [0.15, 0.2) is 0 Å². The van der Waals surface area contributed by atoms with Crippen molar-refractivity contribution in [3.05, 3.63) is 0 Å². The van der Waals surface area contributed by atoms with E-state index in [4.69, 9.17) is 14.2 Å². The molecule has 0 aromatic carbocycles. The van der Waals surface area contributed by atoms with Crippen molar-refractivity contribution in [2.24, 2.45) is 0 Å². The van der Waals surface area contributed by atoms with E-state index < -0.39 is 5.97 Å². The van der Waals surface area contributed by atoms with Crippen molar-refractivity contribution in [3.63, 3.8) is 0 Å². The van der Waals surface area contributed by atoms with E-state index in [0.29, 0.717) is 6.61 Å². The van der Waals surface area contributed by atoms with Crippen LogP contribution in [0, 0.1) is 0 Å². The van der Waals surface area contributed by atoms with Gasteiger partial charge in [0.1, 0.15) is 0 Å². The minimum Gasteiger partial charge on any atom is -0.327 e. The van der Waals surface area contributed by atoms with Crippen molar-refractivity contribution in [1.29, 1.82) is 0 Å². The van der Waals surface area contributed by atoms with Gasteiger partial charge in [-0.1, -0.05) is 0 Å². The van der Waals surface area contributed by atoms with Crippen LogP contribution >= 0.6 is 0 Å². The van der Waals surface area contributed by atoms with Gasteiger partial charge in [-0.3, -0.25) is 0 Å². The Bertz CT molecular complexity index is 129. The first-order valence-electron chi connectivity index (χ1n) is 3.76. The summed E-state index contributed by atoms with van der Waals surface area (Å²) in [5.41, 5.74) is 0. The number of ether oxygens (including phenoxy) is 3. The third kappa shape index (κ3) is 0.944. The average molecular weight is 144 g/mol. The van der Waals surface area contributed by atoms with Gasteiger partial charge in [0.25, 0.3) is 5.97 Å². The van der Waals surface area contributed by atoms with Crippen LogP contribution in [0.15, 0.2) is 0 Å². The van der Waals surface area contributed by atoms with E-state index in [0.717, 1.165) is 19.4 Å². The van der Waals surface area contributed by atoms with Crippen LogP contribution in [0.1, 0.15) is 19.8 Å². The largest absolute Gasteiger partial charge is 0.327 e. The Labute approximate surface area is 60.3 Å². The fraction of sp³-hybridized carbons (Fsp3) is 1.00. The summed E-state index contributed by atoms with van der Waals surface area (Å²) in [6, 6.07) is 0. The molecule has 10 heavy (non-hydrogen) atoms. The quantitative estimate of drug-likeness (QED) is 0.505. The second kappa shape index (κ2) is 2.19. The van der Waals surface area contributed by atoms with Gasteiger partial charge in [-0.25, -0.2) is 0 Å². The minimum atomic E-state index is -0.639. The highest BCUT2D eigenvalue weighted by atomic mass is 16.9. The fourth-order valence-electron chi connectivity index (χ4n) is 1.41. The predicted octanol–water partition coefficient (Wildman–Crippen LogP) is 0.886. The van der Waals surface area contributed by atoms with Crippen LogP contribution in [-0.4, -0.2) is 25.3 Å². The lowest BCUT2D eigenvalue weighted by Crippen LogP contribution is -2.28. The molecule has 2 fully saturated rings. The average Bonchev–Trinajstić information content (AvgIpc) is 2.46. The molecule has 0 saturated carbocycles. The van der Waals surface area contributed by atoms with Gasteiger partial charge in [0.05, 0.1) is 19.3 Å². The van der Waals surface area contributed by atoms with E-state index in [-0.39, 0.29) is 6.10 Å².